The number of carboxylic acids is 2. The summed E-state index contributed by atoms with van der Waals surface area (Å²) in [5.74, 6) is -3.65. The molecule has 0 aromatic carbocycles. The van der Waals surface area contributed by atoms with E-state index in [2.05, 4.69) is 5.73 Å². The van der Waals surface area contributed by atoms with Crippen molar-refractivity contribution in [2.24, 2.45) is 5.73 Å². The first-order chi connectivity index (χ1) is 4.37. The van der Waals surface area contributed by atoms with E-state index in [1.54, 1.807) is 0 Å². The fraction of sp³-hybridized carbons (Fsp3) is 0. The average molecular weight is 169 g/mol. The molecule has 0 aliphatic rings. The maximum atomic E-state index is 9.10. The quantitative estimate of drug-likeness (QED) is 0.304. The van der Waals surface area contributed by atoms with Crippen LogP contribution in [-0.2, 0) is 9.59 Å². The van der Waals surface area contributed by atoms with Gasteiger partial charge in [0, 0.05) is 0 Å². The number of amides is 1. The number of primary amides is 1. The first-order valence-electron chi connectivity index (χ1n) is 1.82. The van der Waals surface area contributed by atoms with Crippen LogP contribution in [0.2, 0.25) is 0 Å². The molecule has 0 bridgehead atoms. The van der Waals surface area contributed by atoms with Gasteiger partial charge < -0.3 is 26.5 Å². The lowest BCUT2D eigenvalue weighted by molar-refractivity contribution is -0.159. The van der Waals surface area contributed by atoms with Gasteiger partial charge in [-0.25, -0.2) is 14.4 Å². The van der Waals surface area contributed by atoms with Crippen LogP contribution in [0.25, 0.3) is 0 Å². The van der Waals surface area contributed by atoms with Gasteiger partial charge in [0.2, 0.25) is 0 Å². The average Bonchev–Trinajstić information content (AvgIpc) is 1.63. The molecule has 66 valence electrons. The summed E-state index contributed by atoms with van der Waals surface area (Å²) in [6, 6.07) is 0. The van der Waals surface area contributed by atoms with Gasteiger partial charge in [0.1, 0.15) is 0 Å². The molecule has 1 amide bonds. The third-order valence-electron chi connectivity index (χ3n) is 0.183. The third kappa shape index (κ3) is 66.1. The second kappa shape index (κ2) is 8.17. The number of hydrogen-bond donors (Lipinski definition) is 4. The predicted molar refractivity (Wildman–Crippen MR) is 31.1 cm³/mol. The second-order valence-electron chi connectivity index (χ2n) is 0.949. The Labute approximate surface area is 60.2 Å². The number of aliphatic carboxylic acids is 2. The molecule has 0 heterocycles. The van der Waals surface area contributed by atoms with Crippen LogP contribution >= 0.6 is 0 Å². The second-order valence-corrected chi connectivity index (χ2v) is 0.949. The van der Waals surface area contributed by atoms with Crippen molar-refractivity contribution in [3.8, 4) is 0 Å². The van der Waals surface area contributed by atoms with E-state index in [0.717, 1.165) is 0 Å². The summed E-state index contributed by atoms with van der Waals surface area (Å²) < 4.78 is 0. The zero-order valence-electron chi connectivity index (χ0n) is 5.14. The van der Waals surface area contributed by atoms with Gasteiger partial charge in [-0.2, -0.15) is 0 Å². The molecule has 0 saturated carbocycles. The van der Waals surface area contributed by atoms with Gasteiger partial charge >= 0.3 is 18.0 Å². The van der Waals surface area contributed by atoms with E-state index in [-0.39, 0.29) is 5.48 Å². The van der Waals surface area contributed by atoms with Crippen LogP contribution in [-0.4, -0.2) is 38.8 Å². The Morgan fingerprint density at radius 3 is 1.00 bits per heavy atom. The van der Waals surface area contributed by atoms with Crippen molar-refractivity contribution < 1.29 is 35.2 Å². The van der Waals surface area contributed by atoms with Crippen LogP contribution in [0.5, 0.6) is 0 Å². The molecule has 0 aromatic heterocycles. The standard InChI is InChI=1S/C2H2O4.CH3NO2.H2O/c3-1(4)2(5)6;2-1(3)4;/h(H,3,4)(H,5,6);2H2,(H,3,4);1H2. The van der Waals surface area contributed by atoms with Gasteiger partial charge in [-0.3, -0.25) is 0 Å². The zero-order chi connectivity index (χ0) is 8.73. The predicted octanol–water partition coefficient (Wildman–Crippen LogP) is -2.05. The number of nitrogens with two attached hydrogens (primary N) is 1. The van der Waals surface area contributed by atoms with Crippen molar-refractivity contribution >= 4 is 18.0 Å². The molecule has 0 fully saturated rings. The fourth-order valence-electron chi connectivity index (χ4n) is 0. The Balaban J connectivity index is -0.000000114. The van der Waals surface area contributed by atoms with E-state index in [9.17, 15) is 0 Å². The van der Waals surface area contributed by atoms with Gasteiger partial charge in [-0.1, -0.05) is 0 Å². The molecular formula is C3H7NO7. The van der Waals surface area contributed by atoms with Crippen LogP contribution in [0.1, 0.15) is 0 Å². The SMILES string of the molecule is NC(=O)O.O.O=C(O)C(=O)O. The Morgan fingerprint density at radius 1 is 0.909 bits per heavy atom. The van der Waals surface area contributed by atoms with E-state index in [4.69, 9.17) is 29.7 Å². The summed E-state index contributed by atoms with van der Waals surface area (Å²) in [6.07, 6.45) is -1.33. The number of hydrogen-bond acceptors (Lipinski definition) is 3. The van der Waals surface area contributed by atoms with Gasteiger partial charge in [-0.15, -0.1) is 0 Å². The van der Waals surface area contributed by atoms with Crippen molar-refractivity contribution in [2.45, 2.75) is 0 Å². The lowest BCUT2D eigenvalue weighted by Gasteiger charge is -1.72. The first-order valence-corrected chi connectivity index (χ1v) is 1.82. The number of rotatable bonds is 0. The zero-order valence-corrected chi connectivity index (χ0v) is 5.14. The van der Waals surface area contributed by atoms with Gasteiger partial charge in [0.25, 0.3) is 0 Å². The molecule has 0 spiro atoms. The molecule has 8 heteroatoms. The van der Waals surface area contributed by atoms with Crippen LogP contribution in [0.15, 0.2) is 0 Å². The Hall–Kier alpha value is -1.83. The minimum atomic E-state index is -1.82. The molecule has 0 rings (SSSR count). The van der Waals surface area contributed by atoms with Gasteiger partial charge in [0.05, 0.1) is 0 Å². The van der Waals surface area contributed by atoms with E-state index in [1.165, 1.54) is 0 Å². The lowest BCUT2D eigenvalue weighted by Crippen LogP contribution is -2.09. The highest BCUT2D eigenvalue weighted by molar-refractivity contribution is 6.27. The van der Waals surface area contributed by atoms with Crippen molar-refractivity contribution in [3.05, 3.63) is 0 Å². The van der Waals surface area contributed by atoms with Crippen LogP contribution in [0, 0.1) is 0 Å². The highest BCUT2D eigenvalue weighted by atomic mass is 16.4. The lowest BCUT2D eigenvalue weighted by atomic mass is 10.7. The molecule has 0 aliphatic carbocycles. The number of carbonyl (C=O) groups is 3. The minimum absolute atomic E-state index is 0. The Morgan fingerprint density at radius 2 is 1.00 bits per heavy atom. The summed E-state index contributed by atoms with van der Waals surface area (Å²) in [5, 5.41) is 22.0. The van der Waals surface area contributed by atoms with Crippen molar-refractivity contribution in [2.75, 3.05) is 0 Å². The summed E-state index contributed by atoms with van der Waals surface area (Å²) in [5.41, 5.74) is 4.03. The smallest absolute Gasteiger partial charge is 0.414 e. The molecule has 0 aromatic rings. The first kappa shape index (κ1) is 16.1. The topological polar surface area (TPSA) is 169 Å². The Bertz CT molecular complexity index is 136. The highest BCUT2D eigenvalue weighted by Crippen LogP contribution is 1.56. The molecule has 0 aliphatic heterocycles. The number of carboxylic acid groups (broad SMARTS) is 3. The van der Waals surface area contributed by atoms with E-state index < -0.39 is 18.0 Å². The fourth-order valence-corrected chi connectivity index (χ4v) is 0. The van der Waals surface area contributed by atoms with Crippen molar-refractivity contribution in [1.82, 2.24) is 0 Å². The van der Waals surface area contributed by atoms with E-state index >= 15 is 0 Å². The summed E-state index contributed by atoms with van der Waals surface area (Å²) in [4.78, 5) is 27.0. The highest BCUT2D eigenvalue weighted by Gasteiger charge is 2.04. The summed E-state index contributed by atoms with van der Waals surface area (Å²) >= 11 is 0. The van der Waals surface area contributed by atoms with Crippen LogP contribution in [0.3, 0.4) is 0 Å². The summed E-state index contributed by atoms with van der Waals surface area (Å²) in [7, 11) is 0. The largest absolute Gasteiger partial charge is 0.473 e. The molecule has 7 N–H and O–H groups in total. The molecule has 11 heavy (non-hydrogen) atoms. The Kier molecular flexibility index (Phi) is 11.9. The van der Waals surface area contributed by atoms with Crippen molar-refractivity contribution in [3.63, 3.8) is 0 Å². The normalized spacial score (nSPS) is 6.18. The van der Waals surface area contributed by atoms with E-state index in [0.29, 0.717) is 0 Å². The monoisotopic (exact) mass is 169 g/mol. The molecule has 0 radical (unpaired) electrons. The van der Waals surface area contributed by atoms with Gasteiger partial charge in [0.15, 0.2) is 0 Å². The molecule has 0 atom stereocenters. The third-order valence-corrected chi connectivity index (χ3v) is 0.183. The maximum Gasteiger partial charge on any atom is 0.414 e. The molecule has 0 unspecified atom stereocenters. The van der Waals surface area contributed by atoms with E-state index in [1.807, 2.05) is 0 Å². The minimum Gasteiger partial charge on any atom is -0.473 e. The van der Waals surface area contributed by atoms with Crippen LogP contribution in [0.4, 0.5) is 4.79 Å². The maximum absolute atomic E-state index is 9.10. The van der Waals surface area contributed by atoms with Crippen LogP contribution < -0.4 is 5.73 Å². The molecular weight excluding hydrogens is 162 g/mol. The molecule has 0 saturated heterocycles. The molecule has 8 nitrogen and oxygen atoms in total. The van der Waals surface area contributed by atoms with Gasteiger partial charge in [-0.05, 0) is 0 Å². The summed E-state index contributed by atoms with van der Waals surface area (Å²) in [6.45, 7) is 0. The van der Waals surface area contributed by atoms with Crippen molar-refractivity contribution in [1.29, 1.82) is 0 Å².